The van der Waals surface area contributed by atoms with Crippen molar-refractivity contribution in [1.29, 1.82) is 0 Å². The highest BCUT2D eigenvalue weighted by Crippen LogP contribution is 2.50. The Morgan fingerprint density at radius 1 is 1.38 bits per heavy atom. The van der Waals surface area contributed by atoms with Crippen LogP contribution in [0.25, 0.3) is 0 Å². The highest BCUT2D eigenvalue weighted by molar-refractivity contribution is 5.06. The second-order valence-electron chi connectivity index (χ2n) is 5.99. The molecule has 0 aromatic carbocycles. The molecule has 0 bridgehead atoms. The molecule has 2 rings (SSSR count). The maximum absolute atomic E-state index is 11.0. The van der Waals surface area contributed by atoms with Gasteiger partial charge in [-0.15, -0.1) is 0 Å². The maximum Gasteiger partial charge on any atom is 0.0764 e. The van der Waals surface area contributed by atoms with Crippen molar-refractivity contribution in [2.24, 2.45) is 23.0 Å². The van der Waals surface area contributed by atoms with Crippen molar-refractivity contribution < 1.29 is 9.84 Å². The van der Waals surface area contributed by atoms with Crippen LogP contribution in [0.15, 0.2) is 0 Å². The van der Waals surface area contributed by atoms with Gasteiger partial charge in [0.25, 0.3) is 0 Å². The van der Waals surface area contributed by atoms with Crippen LogP contribution < -0.4 is 5.73 Å². The average molecular weight is 227 g/mol. The van der Waals surface area contributed by atoms with Gasteiger partial charge >= 0.3 is 0 Å². The highest BCUT2D eigenvalue weighted by atomic mass is 16.5. The highest BCUT2D eigenvalue weighted by Gasteiger charge is 2.55. The monoisotopic (exact) mass is 227 g/mol. The molecule has 4 atom stereocenters. The Bertz CT molecular complexity index is 250. The fourth-order valence-electron chi connectivity index (χ4n) is 3.70. The van der Waals surface area contributed by atoms with Crippen LogP contribution in [0.2, 0.25) is 0 Å². The van der Waals surface area contributed by atoms with Gasteiger partial charge in [0.1, 0.15) is 0 Å². The molecule has 2 fully saturated rings. The Balaban J connectivity index is 2.22. The van der Waals surface area contributed by atoms with Gasteiger partial charge in [0, 0.05) is 18.6 Å². The molecular formula is C13H25NO2. The van der Waals surface area contributed by atoms with Crippen molar-refractivity contribution in [3.63, 3.8) is 0 Å². The van der Waals surface area contributed by atoms with E-state index >= 15 is 0 Å². The molecule has 1 aliphatic carbocycles. The summed E-state index contributed by atoms with van der Waals surface area (Å²) < 4.78 is 5.50. The first-order chi connectivity index (χ1) is 7.54. The lowest BCUT2D eigenvalue weighted by Crippen LogP contribution is -2.58. The summed E-state index contributed by atoms with van der Waals surface area (Å²) in [7, 11) is 0. The molecule has 4 unspecified atom stereocenters. The predicted octanol–water partition coefficient (Wildman–Crippen LogP) is 1.54. The first-order valence-electron chi connectivity index (χ1n) is 6.54. The Kier molecular flexibility index (Phi) is 3.30. The molecule has 1 saturated carbocycles. The average Bonchev–Trinajstić information content (AvgIpc) is 2.74. The molecule has 0 amide bonds. The van der Waals surface area contributed by atoms with E-state index in [0.29, 0.717) is 19.1 Å². The van der Waals surface area contributed by atoms with Crippen molar-refractivity contribution in [2.45, 2.75) is 45.1 Å². The minimum atomic E-state index is -0.606. The third-order valence-corrected chi connectivity index (χ3v) is 5.00. The standard InChI is InChI=1S/C13H25NO2/c1-10-3-4-13(15,11(2)7-10)12(8-14)5-6-16-9-12/h10-11,15H,3-9,14H2,1-2H3. The van der Waals surface area contributed by atoms with Crippen LogP contribution in [-0.2, 0) is 4.74 Å². The van der Waals surface area contributed by atoms with E-state index in [4.69, 9.17) is 10.5 Å². The van der Waals surface area contributed by atoms with Crippen molar-refractivity contribution >= 4 is 0 Å². The SMILES string of the molecule is CC1CCC(O)(C2(CN)CCOC2)C(C)C1. The van der Waals surface area contributed by atoms with E-state index < -0.39 is 5.60 Å². The molecule has 3 nitrogen and oxygen atoms in total. The predicted molar refractivity (Wildman–Crippen MR) is 64.1 cm³/mol. The quantitative estimate of drug-likeness (QED) is 0.752. The third kappa shape index (κ3) is 1.69. The van der Waals surface area contributed by atoms with Crippen LogP contribution in [0, 0.1) is 17.3 Å². The molecule has 0 aromatic heterocycles. The first-order valence-corrected chi connectivity index (χ1v) is 6.54. The van der Waals surface area contributed by atoms with Gasteiger partial charge in [-0.1, -0.05) is 13.8 Å². The first kappa shape index (κ1) is 12.3. The summed E-state index contributed by atoms with van der Waals surface area (Å²) in [6, 6.07) is 0. The largest absolute Gasteiger partial charge is 0.389 e. The van der Waals surface area contributed by atoms with Gasteiger partial charge < -0.3 is 15.6 Å². The third-order valence-electron chi connectivity index (χ3n) is 5.00. The van der Waals surface area contributed by atoms with Crippen LogP contribution in [0.5, 0.6) is 0 Å². The Labute approximate surface area is 98.4 Å². The summed E-state index contributed by atoms with van der Waals surface area (Å²) in [6.45, 7) is 6.38. The zero-order chi connectivity index (χ0) is 11.8. The molecule has 0 aromatic rings. The van der Waals surface area contributed by atoms with Gasteiger partial charge in [0.05, 0.1) is 12.2 Å². The van der Waals surface area contributed by atoms with Gasteiger partial charge in [0.15, 0.2) is 0 Å². The summed E-state index contributed by atoms with van der Waals surface area (Å²) in [5, 5.41) is 11.0. The normalized spacial score (nSPS) is 49.5. The van der Waals surface area contributed by atoms with Crippen molar-refractivity contribution in [2.75, 3.05) is 19.8 Å². The van der Waals surface area contributed by atoms with Crippen LogP contribution >= 0.6 is 0 Å². The van der Waals surface area contributed by atoms with Crippen LogP contribution in [0.1, 0.15) is 39.5 Å². The van der Waals surface area contributed by atoms with Crippen LogP contribution in [0.3, 0.4) is 0 Å². The van der Waals surface area contributed by atoms with Crippen LogP contribution in [-0.4, -0.2) is 30.5 Å². The van der Waals surface area contributed by atoms with Crippen molar-refractivity contribution in [1.82, 2.24) is 0 Å². The van der Waals surface area contributed by atoms with Gasteiger partial charge in [-0.3, -0.25) is 0 Å². The molecule has 3 N–H and O–H groups in total. The summed E-state index contributed by atoms with van der Waals surface area (Å²) in [6.07, 6.45) is 4.02. The second-order valence-corrected chi connectivity index (χ2v) is 5.99. The fourth-order valence-corrected chi connectivity index (χ4v) is 3.70. The number of aliphatic hydroxyl groups is 1. The van der Waals surface area contributed by atoms with E-state index in [1.807, 2.05) is 0 Å². The number of ether oxygens (including phenoxy) is 1. The van der Waals surface area contributed by atoms with Gasteiger partial charge in [-0.2, -0.15) is 0 Å². The molecule has 1 heterocycles. The van der Waals surface area contributed by atoms with Gasteiger partial charge in [0.2, 0.25) is 0 Å². The molecule has 2 aliphatic rings. The number of rotatable bonds is 2. The van der Waals surface area contributed by atoms with E-state index in [0.717, 1.165) is 38.2 Å². The van der Waals surface area contributed by atoms with Gasteiger partial charge in [-0.25, -0.2) is 0 Å². The zero-order valence-electron chi connectivity index (χ0n) is 10.5. The topological polar surface area (TPSA) is 55.5 Å². The Hall–Kier alpha value is -0.120. The summed E-state index contributed by atoms with van der Waals surface area (Å²) in [5.41, 5.74) is 5.15. The number of hydrogen-bond acceptors (Lipinski definition) is 3. The summed E-state index contributed by atoms with van der Waals surface area (Å²) in [5.74, 6) is 1.06. The van der Waals surface area contributed by atoms with Crippen molar-refractivity contribution in [3.05, 3.63) is 0 Å². The smallest absolute Gasteiger partial charge is 0.0764 e. The van der Waals surface area contributed by atoms with E-state index in [9.17, 15) is 5.11 Å². The van der Waals surface area contributed by atoms with Crippen molar-refractivity contribution in [3.8, 4) is 0 Å². The maximum atomic E-state index is 11.0. The Morgan fingerprint density at radius 2 is 2.12 bits per heavy atom. The molecule has 1 aliphatic heterocycles. The molecule has 94 valence electrons. The Morgan fingerprint density at radius 3 is 2.62 bits per heavy atom. The lowest BCUT2D eigenvalue weighted by molar-refractivity contribution is -0.146. The minimum Gasteiger partial charge on any atom is -0.389 e. The molecule has 0 spiro atoms. The van der Waals surface area contributed by atoms with Gasteiger partial charge in [-0.05, 0) is 37.5 Å². The molecule has 1 saturated heterocycles. The zero-order valence-corrected chi connectivity index (χ0v) is 10.5. The lowest BCUT2D eigenvalue weighted by Gasteiger charge is -2.51. The van der Waals surface area contributed by atoms with E-state index in [1.165, 1.54) is 0 Å². The van der Waals surface area contributed by atoms with Crippen LogP contribution in [0.4, 0.5) is 0 Å². The van der Waals surface area contributed by atoms with E-state index in [2.05, 4.69) is 13.8 Å². The second kappa shape index (κ2) is 4.28. The van der Waals surface area contributed by atoms with E-state index in [-0.39, 0.29) is 5.41 Å². The summed E-state index contributed by atoms with van der Waals surface area (Å²) in [4.78, 5) is 0. The molecular weight excluding hydrogens is 202 g/mol. The fraction of sp³-hybridized carbons (Fsp3) is 1.00. The number of nitrogens with two attached hydrogens (primary N) is 1. The molecule has 16 heavy (non-hydrogen) atoms. The molecule has 0 radical (unpaired) electrons. The van der Waals surface area contributed by atoms with E-state index in [1.54, 1.807) is 0 Å². The number of hydrogen-bond donors (Lipinski definition) is 2. The summed E-state index contributed by atoms with van der Waals surface area (Å²) >= 11 is 0. The lowest BCUT2D eigenvalue weighted by atomic mass is 9.58. The molecule has 3 heteroatoms. The minimum absolute atomic E-state index is 0.188.